The lowest BCUT2D eigenvalue weighted by atomic mass is 10.0. The Morgan fingerprint density at radius 2 is 2.24 bits per heavy atom. The first-order chi connectivity index (χ1) is 8.31. The summed E-state index contributed by atoms with van der Waals surface area (Å²) < 4.78 is 5.61. The Kier molecular flexibility index (Phi) is 4.38. The lowest BCUT2D eigenvalue weighted by Gasteiger charge is -2.24. The van der Waals surface area contributed by atoms with Crippen molar-refractivity contribution in [1.82, 2.24) is 4.90 Å². The highest BCUT2D eigenvalue weighted by atomic mass is 16.5. The summed E-state index contributed by atoms with van der Waals surface area (Å²) in [5, 5.41) is 8.93. The van der Waals surface area contributed by atoms with Gasteiger partial charge in [-0.2, -0.15) is 5.26 Å². The fourth-order valence-electron chi connectivity index (χ4n) is 2.66. The van der Waals surface area contributed by atoms with Crippen LogP contribution in [0.5, 0.6) is 0 Å². The molecule has 4 nitrogen and oxygen atoms in total. The first-order valence-electron chi connectivity index (χ1n) is 6.62. The number of hydrogen-bond acceptors (Lipinski definition) is 3. The molecule has 0 bridgehead atoms. The topological polar surface area (TPSA) is 53.3 Å². The van der Waals surface area contributed by atoms with Gasteiger partial charge in [0.1, 0.15) is 6.04 Å². The number of nitriles is 1. The Morgan fingerprint density at radius 3 is 2.94 bits per heavy atom. The van der Waals surface area contributed by atoms with E-state index in [1.807, 2.05) is 0 Å². The Hall–Kier alpha value is -1.08. The molecule has 0 aromatic rings. The van der Waals surface area contributed by atoms with E-state index in [9.17, 15) is 4.79 Å². The van der Waals surface area contributed by atoms with Gasteiger partial charge in [-0.05, 0) is 38.5 Å². The maximum Gasteiger partial charge on any atom is 0.223 e. The summed E-state index contributed by atoms with van der Waals surface area (Å²) in [5.41, 5.74) is 0. The van der Waals surface area contributed by atoms with Gasteiger partial charge < -0.3 is 9.64 Å². The molecule has 2 atom stereocenters. The number of nitrogens with zero attached hydrogens (tertiary/aromatic N) is 2. The minimum atomic E-state index is -0.185. The fourth-order valence-corrected chi connectivity index (χ4v) is 2.66. The standard InChI is InChI=1S/C13H20N2O2/c14-10-11-4-3-8-15(11)13(16)7-6-12-5-1-2-9-17-12/h11-12H,1-9H2. The van der Waals surface area contributed by atoms with E-state index >= 15 is 0 Å². The van der Waals surface area contributed by atoms with Gasteiger partial charge >= 0.3 is 0 Å². The zero-order valence-electron chi connectivity index (χ0n) is 10.2. The van der Waals surface area contributed by atoms with Crippen LogP contribution in [0.15, 0.2) is 0 Å². The van der Waals surface area contributed by atoms with Crippen LogP contribution in [-0.2, 0) is 9.53 Å². The zero-order valence-corrected chi connectivity index (χ0v) is 10.2. The van der Waals surface area contributed by atoms with Crippen LogP contribution in [0.2, 0.25) is 0 Å². The second kappa shape index (κ2) is 6.02. The van der Waals surface area contributed by atoms with Crippen molar-refractivity contribution in [3.05, 3.63) is 0 Å². The first kappa shape index (κ1) is 12.4. The molecule has 2 unspecified atom stereocenters. The number of hydrogen-bond donors (Lipinski definition) is 0. The number of likely N-dealkylation sites (tertiary alicyclic amines) is 1. The molecule has 1 amide bonds. The third-order valence-electron chi connectivity index (χ3n) is 3.68. The third kappa shape index (κ3) is 3.19. The average molecular weight is 236 g/mol. The Bertz CT molecular complexity index is 305. The van der Waals surface area contributed by atoms with Crippen molar-refractivity contribution < 1.29 is 9.53 Å². The second-order valence-electron chi connectivity index (χ2n) is 4.90. The van der Waals surface area contributed by atoms with E-state index in [1.54, 1.807) is 4.90 Å². The molecule has 0 aliphatic carbocycles. The molecule has 2 fully saturated rings. The van der Waals surface area contributed by atoms with Crippen molar-refractivity contribution >= 4 is 5.91 Å². The Balaban J connectivity index is 1.75. The molecule has 0 aromatic carbocycles. The van der Waals surface area contributed by atoms with Crippen LogP contribution in [-0.4, -0.2) is 36.1 Å². The number of ether oxygens (including phenoxy) is 1. The number of carbonyl (C=O) groups excluding carboxylic acids is 1. The van der Waals surface area contributed by atoms with E-state index in [0.717, 1.165) is 45.3 Å². The van der Waals surface area contributed by atoms with Crippen molar-refractivity contribution in [1.29, 1.82) is 5.26 Å². The highest BCUT2D eigenvalue weighted by molar-refractivity contribution is 5.77. The maximum absolute atomic E-state index is 12.0. The molecular formula is C13H20N2O2. The summed E-state index contributed by atoms with van der Waals surface area (Å²) in [6, 6.07) is 2.02. The van der Waals surface area contributed by atoms with E-state index in [-0.39, 0.29) is 18.1 Å². The van der Waals surface area contributed by atoms with Crippen LogP contribution >= 0.6 is 0 Å². The lowest BCUT2D eigenvalue weighted by molar-refractivity contribution is -0.132. The molecule has 2 rings (SSSR count). The number of rotatable bonds is 3. The Labute approximate surface area is 103 Å². The van der Waals surface area contributed by atoms with Gasteiger partial charge in [0.25, 0.3) is 0 Å². The monoisotopic (exact) mass is 236 g/mol. The minimum absolute atomic E-state index is 0.128. The van der Waals surface area contributed by atoms with E-state index in [1.165, 1.54) is 6.42 Å². The van der Waals surface area contributed by atoms with E-state index in [4.69, 9.17) is 10.00 Å². The molecule has 0 saturated carbocycles. The predicted octanol–water partition coefficient (Wildman–Crippen LogP) is 1.85. The van der Waals surface area contributed by atoms with Gasteiger partial charge in [0.15, 0.2) is 0 Å². The van der Waals surface area contributed by atoms with Crippen LogP contribution in [0.25, 0.3) is 0 Å². The van der Waals surface area contributed by atoms with Crippen LogP contribution in [0.3, 0.4) is 0 Å². The van der Waals surface area contributed by atoms with E-state index in [2.05, 4.69) is 6.07 Å². The minimum Gasteiger partial charge on any atom is -0.378 e. The normalized spacial score (nSPS) is 29.0. The Morgan fingerprint density at radius 1 is 1.35 bits per heavy atom. The molecule has 2 heterocycles. The van der Waals surface area contributed by atoms with Crippen molar-refractivity contribution in [3.63, 3.8) is 0 Å². The summed E-state index contributed by atoms with van der Waals surface area (Å²) in [6.07, 6.45) is 6.84. The zero-order chi connectivity index (χ0) is 12.1. The molecule has 4 heteroatoms. The van der Waals surface area contributed by atoms with E-state index < -0.39 is 0 Å². The van der Waals surface area contributed by atoms with Crippen LogP contribution in [0.4, 0.5) is 0 Å². The summed E-state index contributed by atoms with van der Waals surface area (Å²) in [6.45, 7) is 1.59. The molecule has 0 radical (unpaired) electrons. The van der Waals surface area contributed by atoms with Crippen molar-refractivity contribution in [2.45, 2.75) is 57.1 Å². The van der Waals surface area contributed by atoms with Gasteiger partial charge in [-0.3, -0.25) is 4.79 Å². The third-order valence-corrected chi connectivity index (χ3v) is 3.68. The molecule has 2 aliphatic heterocycles. The molecule has 0 N–H and O–H groups in total. The van der Waals surface area contributed by atoms with Crippen LogP contribution in [0.1, 0.15) is 44.9 Å². The smallest absolute Gasteiger partial charge is 0.223 e. The number of carbonyl (C=O) groups is 1. The van der Waals surface area contributed by atoms with Gasteiger partial charge in [0.05, 0.1) is 12.2 Å². The highest BCUT2D eigenvalue weighted by Crippen LogP contribution is 2.21. The predicted molar refractivity (Wildman–Crippen MR) is 63.2 cm³/mol. The van der Waals surface area contributed by atoms with Gasteiger partial charge in [0, 0.05) is 19.6 Å². The average Bonchev–Trinajstić information content (AvgIpc) is 2.85. The molecule has 0 aromatic heterocycles. The SMILES string of the molecule is N#CC1CCCN1C(=O)CCC1CCCCO1. The number of amides is 1. The van der Waals surface area contributed by atoms with Gasteiger partial charge in [0.2, 0.25) is 5.91 Å². The summed E-state index contributed by atoms with van der Waals surface area (Å²) >= 11 is 0. The first-order valence-corrected chi connectivity index (χ1v) is 6.62. The van der Waals surface area contributed by atoms with Gasteiger partial charge in [-0.15, -0.1) is 0 Å². The molecule has 2 saturated heterocycles. The molecule has 94 valence electrons. The molecule has 0 spiro atoms. The van der Waals surface area contributed by atoms with Gasteiger partial charge in [-0.1, -0.05) is 0 Å². The summed E-state index contributed by atoms with van der Waals surface area (Å²) in [4.78, 5) is 13.7. The van der Waals surface area contributed by atoms with Crippen molar-refractivity contribution in [3.8, 4) is 6.07 Å². The highest BCUT2D eigenvalue weighted by Gasteiger charge is 2.28. The quantitative estimate of drug-likeness (QED) is 0.751. The maximum atomic E-state index is 12.0. The largest absolute Gasteiger partial charge is 0.378 e. The van der Waals surface area contributed by atoms with Crippen molar-refractivity contribution in [2.75, 3.05) is 13.2 Å². The van der Waals surface area contributed by atoms with E-state index in [0.29, 0.717) is 6.42 Å². The van der Waals surface area contributed by atoms with Gasteiger partial charge in [-0.25, -0.2) is 0 Å². The molecule has 2 aliphatic rings. The lowest BCUT2D eigenvalue weighted by Crippen LogP contribution is -2.35. The molecular weight excluding hydrogens is 216 g/mol. The van der Waals surface area contributed by atoms with Crippen LogP contribution in [0, 0.1) is 11.3 Å². The molecule has 17 heavy (non-hydrogen) atoms. The van der Waals surface area contributed by atoms with Crippen molar-refractivity contribution in [2.24, 2.45) is 0 Å². The second-order valence-corrected chi connectivity index (χ2v) is 4.90. The van der Waals surface area contributed by atoms with Crippen LogP contribution < -0.4 is 0 Å². The fraction of sp³-hybridized carbons (Fsp3) is 0.846. The summed E-state index contributed by atoms with van der Waals surface area (Å²) in [5.74, 6) is 0.128. The summed E-state index contributed by atoms with van der Waals surface area (Å²) in [7, 11) is 0.